The van der Waals surface area contributed by atoms with Crippen molar-refractivity contribution >= 4 is 5.49 Å². The summed E-state index contributed by atoms with van der Waals surface area (Å²) in [5.41, 5.74) is 2.94. The summed E-state index contributed by atoms with van der Waals surface area (Å²) in [6.07, 6.45) is 0. The van der Waals surface area contributed by atoms with Crippen LogP contribution in [0.3, 0.4) is 0 Å². The van der Waals surface area contributed by atoms with E-state index < -0.39 is 0 Å². The minimum Gasteiger partial charge on any atom is -0.211 e. The predicted molar refractivity (Wildman–Crippen MR) is 71.0 cm³/mol. The first kappa shape index (κ1) is 15.8. The summed E-state index contributed by atoms with van der Waals surface area (Å²) < 4.78 is 0. The third kappa shape index (κ3) is 11.9. The van der Waals surface area contributed by atoms with Crippen LogP contribution in [0.4, 0.5) is 0 Å². The molecule has 0 unspecified atom stereocenters. The summed E-state index contributed by atoms with van der Waals surface area (Å²) >= 11 is 1.45. The van der Waals surface area contributed by atoms with E-state index in [0.717, 1.165) is 0 Å². The van der Waals surface area contributed by atoms with E-state index in [-0.39, 0.29) is 5.49 Å². The van der Waals surface area contributed by atoms with Crippen LogP contribution in [0.25, 0.3) is 0 Å². The molecule has 84 valence electrons. The average Bonchev–Trinajstić information content (AvgIpc) is 2.78. The average molecular weight is 395 g/mol. The molecule has 2 heteroatoms. The monoisotopic (exact) mass is 396 g/mol. The van der Waals surface area contributed by atoms with E-state index in [1.165, 1.54) is 34.1 Å². The van der Waals surface area contributed by atoms with Crippen molar-refractivity contribution in [2.24, 2.45) is 0 Å². The maximum absolute atomic E-state index is 2.33. The molecule has 0 spiro atoms. The molecule has 0 atom stereocenters. The third-order valence-corrected chi connectivity index (χ3v) is 1.66. The van der Waals surface area contributed by atoms with Crippen LogP contribution in [0, 0.1) is 13.8 Å². The van der Waals surface area contributed by atoms with Crippen molar-refractivity contribution in [2.75, 3.05) is 0 Å². The summed E-state index contributed by atoms with van der Waals surface area (Å²) in [6, 6.07) is 16.5. The van der Waals surface area contributed by atoms with E-state index in [1.54, 1.807) is 0 Å². The van der Waals surface area contributed by atoms with E-state index in [4.69, 9.17) is 0 Å². The Morgan fingerprint density at radius 2 is 1.25 bits per heavy atom. The summed E-state index contributed by atoms with van der Waals surface area (Å²) in [6.45, 7) is 8.83. The second-order valence-electron chi connectivity index (χ2n) is 3.92. The fourth-order valence-electron chi connectivity index (χ4n) is 0.940. The summed E-state index contributed by atoms with van der Waals surface area (Å²) in [7, 11) is 0. The summed E-state index contributed by atoms with van der Waals surface area (Å²) in [5.74, 6) is 0. The predicted octanol–water partition coefficient (Wildman–Crippen LogP) is 4.21. The zero-order valence-corrected chi connectivity index (χ0v) is 15.2. The van der Waals surface area contributed by atoms with Crippen molar-refractivity contribution in [3.63, 3.8) is 0 Å². The smallest absolute Gasteiger partial charge is 0.0961 e. The molecule has 2 rings (SSSR count). The van der Waals surface area contributed by atoms with Gasteiger partial charge in [0.1, 0.15) is 0 Å². The molecule has 0 saturated heterocycles. The molecule has 2 aromatic rings. The molecule has 0 aliphatic carbocycles. The Kier molecular flexibility index (Phi) is 9.84. The van der Waals surface area contributed by atoms with Gasteiger partial charge in [0.15, 0.2) is 0 Å². The first-order valence-corrected chi connectivity index (χ1v) is 13.3. The quantitative estimate of drug-likeness (QED) is 0.464. The zero-order chi connectivity index (χ0) is 12.4. The molecule has 0 N–H and O–H groups in total. The third-order valence-electron chi connectivity index (χ3n) is 1.66. The Morgan fingerprint density at radius 1 is 0.938 bits per heavy atom. The van der Waals surface area contributed by atoms with Gasteiger partial charge in [-0.25, -0.2) is 23.3 Å². The Labute approximate surface area is 115 Å². The number of aryl methyl sites for hydroxylation is 2. The molecule has 0 aliphatic rings. The Bertz CT molecular complexity index is 321. The molecule has 0 fully saturated rings. The fraction of sp³-hybridized carbons (Fsp3) is 0.286. The van der Waals surface area contributed by atoms with Gasteiger partial charge >= 0.3 is 41.6 Å². The van der Waals surface area contributed by atoms with E-state index in [0.29, 0.717) is 0 Å². The zero-order valence-electron chi connectivity index (χ0n) is 10.6. The first-order valence-electron chi connectivity index (χ1n) is 5.40. The molecular weight excluding hydrogens is 375 g/mol. The molecule has 0 aliphatic heterocycles. The molecule has 2 aromatic carbocycles. The van der Waals surface area contributed by atoms with Gasteiger partial charge < -0.3 is 0 Å². The Hall–Kier alpha value is -0.213. The van der Waals surface area contributed by atoms with Gasteiger partial charge in [-0.2, -0.15) is 36.4 Å². The van der Waals surface area contributed by atoms with Crippen LogP contribution in [-0.2, 0) is 23.0 Å². The Morgan fingerprint density at radius 3 is 1.31 bits per heavy atom. The molecule has 0 aromatic heterocycles. The minimum absolute atomic E-state index is 0.259. The van der Waals surface area contributed by atoms with Gasteiger partial charge in [-0.1, -0.05) is 13.8 Å². The standard InChI is InChI=1S/2C6H7.C2H6Si.Hf/c2*1-6-4-2-3-5-6;1-3-2;/h2*2-5H,1H3;1-2H3;/q2*-1;;+2. The van der Waals surface area contributed by atoms with Crippen LogP contribution in [-0.4, -0.2) is 5.49 Å². The largest absolute Gasteiger partial charge is 0.211 e. The van der Waals surface area contributed by atoms with Crippen LogP contribution < -0.4 is 0 Å². The van der Waals surface area contributed by atoms with Gasteiger partial charge in [0.25, 0.3) is 0 Å². The van der Waals surface area contributed by atoms with E-state index in [1.807, 2.05) is 24.3 Å². The van der Waals surface area contributed by atoms with E-state index >= 15 is 0 Å². The molecule has 16 heavy (non-hydrogen) atoms. The van der Waals surface area contributed by atoms with Crippen molar-refractivity contribution in [3.8, 4) is 0 Å². The van der Waals surface area contributed by atoms with Crippen LogP contribution in [0.1, 0.15) is 11.1 Å². The van der Waals surface area contributed by atoms with Crippen molar-refractivity contribution < 1.29 is 23.0 Å². The first-order chi connectivity index (χ1) is 7.52. The van der Waals surface area contributed by atoms with Crippen LogP contribution in [0.15, 0.2) is 48.5 Å². The van der Waals surface area contributed by atoms with Crippen molar-refractivity contribution in [2.45, 2.75) is 26.9 Å². The molecular formula is C14H20HfSi. The molecule has 0 radical (unpaired) electrons. The van der Waals surface area contributed by atoms with Crippen LogP contribution in [0.2, 0.25) is 13.1 Å². The van der Waals surface area contributed by atoms with Crippen molar-refractivity contribution in [1.82, 2.24) is 0 Å². The normalized spacial score (nSPS) is 8.38. The summed E-state index contributed by atoms with van der Waals surface area (Å²) in [5, 5.41) is 0. The topological polar surface area (TPSA) is 0 Å². The second kappa shape index (κ2) is 9.97. The van der Waals surface area contributed by atoms with Crippen molar-refractivity contribution in [3.05, 3.63) is 59.7 Å². The van der Waals surface area contributed by atoms with Crippen molar-refractivity contribution in [1.29, 1.82) is 0 Å². The molecule has 0 heterocycles. The molecule has 0 nitrogen and oxygen atoms in total. The van der Waals surface area contributed by atoms with Gasteiger partial charge in [-0.15, -0.1) is 0 Å². The Balaban J connectivity index is 0.000000217. The van der Waals surface area contributed by atoms with Gasteiger partial charge in [0, 0.05) is 0 Å². The SMILES string of the molecule is C[Si](C)=[Hf+2].Cc1cc[cH-]c1.Cc1cc[cH-]c1. The number of rotatable bonds is 0. The van der Waals surface area contributed by atoms with Gasteiger partial charge in [-0.3, -0.25) is 0 Å². The van der Waals surface area contributed by atoms with Crippen LogP contribution >= 0.6 is 0 Å². The van der Waals surface area contributed by atoms with Crippen LogP contribution in [0.5, 0.6) is 0 Å². The maximum atomic E-state index is 2.33. The molecule has 0 amide bonds. The molecule has 0 bridgehead atoms. The minimum atomic E-state index is 0.259. The second-order valence-corrected chi connectivity index (χ2v) is 16.7. The van der Waals surface area contributed by atoms with E-state index in [2.05, 4.69) is 51.2 Å². The summed E-state index contributed by atoms with van der Waals surface area (Å²) in [4.78, 5) is 0. The number of hydrogen-bond donors (Lipinski definition) is 0. The van der Waals surface area contributed by atoms with Gasteiger partial charge in [0.2, 0.25) is 0 Å². The fourth-order valence-corrected chi connectivity index (χ4v) is 0.940. The number of hydrogen-bond acceptors (Lipinski definition) is 0. The van der Waals surface area contributed by atoms with E-state index in [9.17, 15) is 0 Å². The molecule has 0 saturated carbocycles. The van der Waals surface area contributed by atoms with Gasteiger partial charge in [-0.05, 0) is 0 Å². The maximum Gasteiger partial charge on any atom is -0.0961 e. The van der Waals surface area contributed by atoms with Gasteiger partial charge in [0.05, 0.1) is 0 Å².